The summed E-state index contributed by atoms with van der Waals surface area (Å²) in [4.78, 5) is 12.5. The van der Waals surface area contributed by atoms with Crippen molar-refractivity contribution in [2.45, 2.75) is 30.7 Å². The maximum atomic E-state index is 12.5. The summed E-state index contributed by atoms with van der Waals surface area (Å²) in [7, 11) is 1.61. The van der Waals surface area contributed by atoms with Crippen LogP contribution in [-0.2, 0) is 11.2 Å². The molecular weight excluding hydrogens is 362 g/mol. The van der Waals surface area contributed by atoms with Crippen LogP contribution in [0.15, 0.2) is 53.7 Å². The van der Waals surface area contributed by atoms with Crippen LogP contribution < -0.4 is 10.1 Å². The highest BCUT2D eigenvalue weighted by molar-refractivity contribution is 8.00. The van der Waals surface area contributed by atoms with Gasteiger partial charge < -0.3 is 10.1 Å². The first kappa shape index (κ1) is 18.9. The SMILES string of the molecule is CCc1ccc(NC(=O)C(C)Sc2nnnn2-c2ccc(OC)cc2)cc1. The van der Waals surface area contributed by atoms with E-state index in [0.717, 1.165) is 23.5 Å². The smallest absolute Gasteiger partial charge is 0.237 e. The molecule has 1 aromatic heterocycles. The van der Waals surface area contributed by atoms with Gasteiger partial charge in [0.25, 0.3) is 0 Å². The molecular formula is C19H21N5O2S. The van der Waals surface area contributed by atoms with E-state index in [1.165, 1.54) is 17.3 Å². The van der Waals surface area contributed by atoms with Crippen molar-refractivity contribution in [3.05, 3.63) is 54.1 Å². The molecule has 0 spiro atoms. The van der Waals surface area contributed by atoms with Crippen LogP contribution in [0.25, 0.3) is 5.69 Å². The Hall–Kier alpha value is -2.87. The molecule has 0 saturated carbocycles. The van der Waals surface area contributed by atoms with Crippen molar-refractivity contribution in [2.75, 3.05) is 12.4 Å². The maximum absolute atomic E-state index is 12.5. The molecule has 7 nitrogen and oxygen atoms in total. The molecule has 1 atom stereocenters. The Kier molecular flexibility index (Phi) is 6.08. The monoisotopic (exact) mass is 383 g/mol. The first-order chi connectivity index (χ1) is 13.1. The number of carbonyl (C=O) groups is 1. The minimum atomic E-state index is -0.362. The predicted octanol–water partition coefficient (Wildman–Crippen LogP) is 3.35. The summed E-state index contributed by atoms with van der Waals surface area (Å²) < 4.78 is 6.77. The first-order valence-corrected chi connectivity index (χ1v) is 9.48. The van der Waals surface area contributed by atoms with Gasteiger partial charge in [0.2, 0.25) is 11.1 Å². The molecule has 0 fully saturated rings. The number of methoxy groups -OCH3 is 1. The number of nitrogens with one attached hydrogen (secondary N) is 1. The lowest BCUT2D eigenvalue weighted by molar-refractivity contribution is -0.115. The number of benzene rings is 2. The molecule has 0 bridgehead atoms. The highest BCUT2D eigenvalue weighted by Crippen LogP contribution is 2.25. The molecule has 27 heavy (non-hydrogen) atoms. The Morgan fingerprint density at radius 2 is 1.89 bits per heavy atom. The number of nitrogens with zero attached hydrogens (tertiary/aromatic N) is 4. The van der Waals surface area contributed by atoms with E-state index >= 15 is 0 Å². The van der Waals surface area contributed by atoms with Gasteiger partial charge in [0, 0.05) is 5.69 Å². The molecule has 2 aromatic carbocycles. The average Bonchev–Trinajstić information content (AvgIpc) is 3.16. The van der Waals surface area contributed by atoms with Crippen LogP contribution in [0, 0.1) is 0 Å². The molecule has 0 aliphatic carbocycles. The zero-order valence-corrected chi connectivity index (χ0v) is 16.2. The van der Waals surface area contributed by atoms with Gasteiger partial charge in [-0.25, -0.2) is 0 Å². The normalized spacial score (nSPS) is 11.8. The molecule has 3 rings (SSSR count). The van der Waals surface area contributed by atoms with Crippen LogP contribution >= 0.6 is 11.8 Å². The van der Waals surface area contributed by atoms with E-state index in [1.54, 1.807) is 11.8 Å². The summed E-state index contributed by atoms with van der Waals surface area (Å²) in [5.74, 6) is 0.649. The lowest BCUT2D eigenvalue weighted by Gasteiger charge is -2.12. The first-order valence-electron chi connectivity index (χ1n) is 8.60. The van der Waals surface area contributed by atoms with E-state index in [0.29, 0.717) is 5.16 Å². The van der Waals surface area contributed by atoms with Gasteiger partial charge in [-0.3, -0.25) is 4.79 Å². The Bertz CT molecular complexity index is 893. The van der Waals surface area contributed by atoms with Gasteiger partial charge in [0.15, 0.2) is 0 Å². The highest BCUT2D eigenvalue weighted by atomic mass is 32.2. The van der Waals surface area contributed by atoms with Crippen LogP contribution in [0.1, 0.15) is 19.4 Å². The third kappa shape index (κ3) is 4.65. The molecule has 1 N–H and O–H groups in total. The van der Waals surface area contributed by atoms with Crippen molar-refractivity contribution >= 4 is 23.4 Å². The highest BCUT2D eigenvalue weighted by Gasteiger charge is 2.19. The van der Waals surface area contributed by atoms with E-state index in [1.807, 2.05) is 55.5 Å². The number of carbonyl (C=O) groups excluding carboxylic acids is 1. The molecule has 0 radical (unpaired) electrons. The second kappa shape index (κ2) is 8.68. The van der Waals surface area contributed by atoms with E-state index in [-0.39, 0.29) is 11.2 Å². The Morgan fingerprint density at radius 3 is 2.52 bits per heavy atom. The van der Waals surface area contributed by atoms with Crippen LogP contribution in [0.5, 0.6) is 5.75 Å². The second-order valence-corrected chi connectivity index (χ2v) is 7.18. The van der Waals surface area contributed by atoms with Gasteiger partial charge in [0.1, 0.15) is 5.75 Å². The molecule has 0 saturated heterocycles. The molecule has 3 aromatic rings. The van der Waals surface area contributed by atoms with Crippen molar-refractivity contribution in [1.29, 1.82) is 0 Å². The minimum Gasteiger partial charge on any atom is -0.497 e. The van der Waals surface area contributed by atoms with Crippen molar-refractivity contribution in [1.82, 2.24) is 20.2 Å². The number of aryl methyl sites for hydroxylation is 1. The van der Waals surface area contributed by atoms with Crippen molar-refractivity contribution in [3.63, 3.8) is 0 Å². The fraction of sp³-hybridized carbons (Fsp3) is 0.263. The quantitative estimate of drug-likeness (QED) is 0.630. The molecule has 8 heteroatoms. The van der Waals surface area contributed by atoms with Crippen molar-refractivity contribution < 1.29 is 9.53 Å². The van der Waals surface area contributed by atoms with Crippen LogP contribution in [-0.4, -0.2) is 38.5 Å². The third-order valence-electron chi connectivity index (χ3n) is 4.04. The number of ether oxygens (including phenoxy) is 1. The summed E-state index contributed by atoms with van der Waals surface area (Å²) >= 11 is 1.30. The molecule has 0 aliphatic heterocycles. The largest absolute Gasteiger partial charge is 0.497 e. The van der Waals surface area contributed by atoms with Gasteiger partial charge in [-0.15, -0.1) is 5.10 Å². The van der Waals surface area contributed by atoms with E-state index < -0.39 is 0 Å². The van der Waals surface area contributed by atoms with E-state index in [9.17, 15) is 4.79 Å². The summed E-state index contributed by atoms with van der Waals surface area (Å²) in [6.07, 6.45) is 0.967. The Balaban J connectivity index is 1.67. The summed E-state index contributed by atoms with van der Waals surface area (Å²) in [5, 5.41) is 14.9. The maximum Gasteiger partial charge on any atom is 0.237 e. The van der Waals surface area contributed by atoms with Gasteiger partial charge in [0.05, 0.1) is 18.0 Å². The lowest BCUT2D eigenvalue weighted by Crippen LogP contribution is -2.22. The van der Waals surface area contributed by atoms with Crippen LogP contribution in [0.3, 0.4) is 0 Å². The number of hydrogen-bond donors (Lipinski definition) is 1. The van der Waals surface area contributed by atoms with Gasteiger partial charge in [-0.1, -0.05) is 30.8 Å². The number of hydrogen-bond acceptors (Lipinski definition) is 6. The number of rotatable bonds is 7. The zero-order chi connectivity index (χ0) is 19.2. The number of tetrazole rings is 1. The average molecular weight is 383 g/mol. The zero-order valence-electron chi connectivity index (χ0n) is 15.4. The Morgan fingerprint density at radius 1 is 1.19 bits per heavy atom. The topological polar surface area (TPSA) is 81.9 Å². The Labute approximate surface area is 162 Å². The van der Waals surface area contributed by atoms with Crippen molar-refractivity contribution in [2.24, 2.45) is 0 Å². The minimum absolute atomic E-state index is 0.103. The molecule has 1 heterocycles. The fourth-order valence-electron chi connectivity index (χ4n) is 2.42. The fourth-order valence-corrected chi connectivity index (χ4v) is 3.22. The number of amides is 1. The van der Waals surface area contributed by atoms with Crippen molar-refractivity contribution in [3.8, 4) is 11.4 Å². The van der Waals surface area contributed by atoms with E-state index in [4.69, 9.17) is 4.74 Å². The summed E-state index contributed by atoms with van der Waals surface area (Å²) in [6, 6.07) is 15.2. The number of thioether (sulfide) groups is 1. The third-order valence-corrected chi connectivity index (χ3v) is 5.07. The van der Waals surface area contributed by atoms with E-state index in [2.05, 4.69) is 27.8 Å². The standard InChI is InChI=1S/C19H21N5O2S/c1-4-14-5-7-15(8-6-14)20-18(25)13(2)27-19-21-22-23-24(19)16-9-11-17(26-3)12-10-16/h5-13H,4H2,1-3H3,(H,20,25). The van der Waals surface area contributed by atoms with Gasteiger partial charge in [-0.05, 0) is 65.7 Å². The number of anilines is 1. The summed E-state index contributed by atoms with van der Waals surface area (Å²) in [5.41, 5.74) is 2.81. The molecule has 1 unspecified atom stereocenters. The van der Waals surface area contributed by atoms with Crippen LogP contribution in [0.2, 0.25) is 0 Å². The predicted molar refractivity (Wildman–Crippen MR) is 105 cm³/mol. The molecule has 140 valence electrons. The van der Waals surface area contributed by atoms with Crippen LogP contribution in [0.4, 0.5) is 5.69 Å². The summed E-state index contributed by atoms with van der Waals surface area (Å²) in [6.45, 7) is 3.92. The number of aromatic nitrogens is 4. The molecule has 1 amide bonds. The van der Waals surface area contributed by atoms with Gasteiger partial charge in [-0.2, -0.15) is 4.68 Å². The lowest BCUT2D eigenvalue weighted by atomic mass is 10.1. The van der Waals surface area contributed by atoms with Gasteiger partial charge >= 0.3 is 0 Å². The molecule has 0 aliphatic rings. The second-order valence-electron chi connectivity index (χ2n) is 5.87.